The number of carbonyl (C=O) groups excluding carboxylic acids is 1. The molecule has 1 amide bonds. The lowest BCUT2D eigenvalue weighted by molar-refractivity contribution is 0.0526. The molecule has 4 rings (SSSR count). The number of nitrogens with zero attached hydrogens (tertiary/aromatic N) is 6. The number of ether oxygens (including phenoxy) is 1. The molecule has 28 heavy (non-hydrogen) atoms. The van der Waals surface area contributed by atoms with Gasteiger partial charge in [0.15, 0.2) is 5.82 Å². The normalized spacial score (nSPS) is 16.8. The Morgan fingerprint density at radius 3 is 2.68 bits per heavy atom. The van der Waals surface area contributed by atoms with Crippen LogP contribution in [0.5, 0.6) is 5.88 Å². The van der Waals surface area contributed by atoms with Gasteiger partial charge in [0.05, 0.1) is 17.6 Å². The molecule has 0 aliphatic carbocycles. The molecular weight excluding hydrogens is 356 g/mol. The zero-order valence-corrected chi connectivity index (χ0v) is 15.9. The van der Waals surface area contributed by atoms with Crippen LogP contribution in [0.1, 0.15) is 23.2 Å². The van der Waals surface area contributed by atoms with Crippen molar-refractivity contribution in [3.05, 3.63) is 48.3 Å². The quantitative estimate of drug-likeness (QED) is 0.688. The highest BCUT2D eigenvalue weighted by molar-refractivity contribution is 5.97. The number of likely N-dealkylation sites (tertiary alicyclic amines) is 1. The lowest BCUT2D eigenvalue weighted by atomic mass is 10.1. The van der Waals surface area contributed by atoms with Gasteiger partial charge in [-0.25, -0.2) is 0 Å². The van der Waals surface area contributed by atoms with Crippen LogP contribution in [0.15, 0.2) is 42.7 Å². The van der Waals surface area contributed by atoms with Gasteiger partial charge in [-0.15, -0.1) is 10.2 Å². The van der Waals surface area contributed by atoms with E-state index < -0.39 is 0 Å². The summed E-state index contributed by atoms with van der Waals surface area (Å²) in [5, 5.41) is 8.26. The molecule has 1 fully saturated rings. The van der Waals surface area contributed by atoms with E-state index in [4.69, 9.17) is 4.74 Å². The first-order chi connectivity index (χ1) is 13.6. The highest BCUT2D eigenvalue weighted by Gasteiger charge is 2.26. The number of amides is 1. The molecule has 1 saturated heterocycles. The minimum atomic E-state index is -0.0996. The highest BCUT2D eigenvalue weighted by Crippen LogP contribution is 2.20. The van der Waals surface area contributed by atoms with Crippen molar-refractivity contribution in [2.45, 2.75) is 18.9 Å². The summed E-state index contributed by atoms with van der Waals surface area (Å²) < 4.78 is 5.97. The molecule has 0 radical (unpaired) electrons. The van der Waals surface area contributed by atoms with Gasteiger partial charge in [-0.05, 0) is 37.1 Å². The molecule has 1 atom stereocenters. The van der Waals surface area contributed by atoms with E-state index >= 15 is 0 Å². The van der Waals surface area contributed by atoms with Crippen molar-refractivity contribution >= 4 is 22.8 Å². The summed E-state index contributed by atoms with van der Waals surface area (Å²) in [5.41, 5.74) is 2.11. The molecule has 2 aromatic heterocycles. The van der Waals surface area contributed by atoms with Crippen molar-refractivity contribution in [1.29, 1.82) is 0 Å². The second-order valence-electron chi connectivity index (χ2n) is 7.02. The first-order valence-corrected chi connectivity index (χ1v) is 9.28. The van der Waals surface area contributed by atoms with Crippen LogP contribution in [0.4, 0.5) is 5.82 Å². The third-order valence-corrected chi connectivity index (χ3v) is 4.75. The molecule has 144 valence electrons. The third-order valence-electron chi connectivity index (χ3n) is 4.75. The maximum absolute atomic E-state index is 12.9. The van der Waals surface area contributed by atoms with Gasteiger partial charge in [0, 0.05) is 44.7 Å². The number of benzene rings is 1. The Bertz CT molecular complexity index is 976. The number of piperidine rings is 1. The lowest BCUT2D eigenvalue weighted by Crippen LogP contribution is -2.44. The van der Waals surface area contributed by atoms with Crippen LogP contribution in [0, 0.1) is 0 Å². The number of carbonyl (C=O) groups is 1. The van der Waals surface area contributed by atoms with Crippen molar-refractivity contribution < 1.29 is 9.53 Å². The minimum absolute atomic E-state index is 0.0186. The van der Waals surface area contributed by atoms with E-state index in [1.54, 1.807) is 24.5 Å². The van der Waals surface area contributed by atoms with Crippen molar-refractivity contribution in [2.75, 3.05) is 32.1 Å². The summed E-state index contributed by atoms with van der Waals surface area (Å²) in [6.45, 7) is 1.23. The molecule has 3 aromatic rings. The Labute approximate surface area is 163 Å². The molecular formula is C20H22N6O2. The lowest BCUT2D eigenvalue weighted by Gasteiger charge is -2.32. The summed E-state index contributed by atoms with van der Waals surface area (Å²) in [5.74, 6) is 1.23. The molecule has 1 unspecified atom stereocenters. The Morgan fingerprint density at radius 2 is 1.93 bits per heavy atom. The van der Waals surface area contributed by atoms with E-state index in [9.17, 15) is 4.79 Å². The average Bonchev–Trinajstić information content (AvgIpc) is 2.73. The summed E-state index contributed by atoms with van der Waals surface area (Å²) in [7, 11) is 3.82. The molecule has 8 heteroatoms. The number of hydrogen-bond acceptors (Lipinski definition) is 7. The highest BCUT2D eigenvalue weighted by atomic mass is 16.5. The predicted octanol–water partition coefficient (Wildman–Crippen LogP) is 2.17. The Morgan fingerprint density at radius 1 is 1.11 bits per heavy atom. The van der Waals surface area contributed by atoms with Crippen LogP contribution in [0.3, 0.4) is 0 Å². The maximum Gasteiger partial charge on any atom is 0.254 e. The predicted molar refractivity (Wildman–Crippen MR) is 105 cm³/mol. The summed E-state index contributed by atoms with van der Waals surface area (Å²) >= 11 is 0. The van der Waals surface area contributed by atoms with Gasteiger partial charge >= 0.3 is 0 Å². The molecule has 8 nitrogen and oxygen atoms in total. The summed E-state index contributed by atoms with van der Waals surface area (Å²) in [6.07, 6.45) is 4.93. The van der Waals surface area contributed by atoms with Gasteiger partial charge in [-0.3, -0.25) is 14.8 Å². The molecule has 0 bridgehead atoms. The number of rotatable bonds is 4. The molecule has 3 heterocycles. The smallest absolute Gasteiger partial charge is 0.254 e. The van der Waals surface area contributed by atoms with Gasteiger partial charge < -0.3 is 14.5 Å². The fourth-order valence-electron chi connectivity index (χ4n) is 3.28. The van der Waals surface area contributed by atoms with Gasteiger partial charge in [0.1, 0.15) is 6.10 Å². The molecule has 0 saturated carbocycles. The van der Waals surface area contributed by atoms with Crippen LogP contribution in [-0.4, -0.2) is 64.3 Å². The second-order valence-corrected chi connectivity index (χ2v) is 7.02. The van der Waals surface area contributed by atoms with Crippen LogP contribution >= 0.6 is 0 Å². The largest absolute Gasteiger partial charge is 0.471 e. The third kappa shape index (κ3) is 3.85. The standard InChI is InChI=1S/C20H22N6O2/c1-25(2)18-7-8-19(24-23-18)28-15-4-3-11-26(13-15)20(27)14-5-6-16-17(12-14)22-10-9-21-16/h5-10,12,15H,3-4,11,13H2,1-2H3. The minimum Gasteiger partial charge on any atom is -0.471 e. The van der Waals surface area contributed by atoms with E-state index in [1.165, 1.54) is 0 Å². The van der Waals surface area contributed by atoms with E-state index in [0.717, 1.165) is 29.7 Å². The first-order valence-electron chi connectivity index (χ1n) is 9.28. The fraction of sp³-hybridized carbons (Fsp3) is 0.350. The molecule has 1 aromatic carbocycles. The number of fused-ring (bicyclic) bond motifs is 1. The zero-order chi connectivity index (χ0) is 19.5. The van der Waals surface area contributed by atoms with Crippen molar-refractivity contribution in [3.63, 3.8) is 0 Å². The zero-order valence-electron chi connectivity index (χ0n) is 15.9. The summed E-state index contributed by atoms with van der Waals surface area (Å²) in [6, 6.07) is 9.10. The molecule has 0 spiro atoms. The van der Waals surface area contributed by atoms with Crippen LogP contribution in [0.25, 0.3) is 11.0 Å². The Kier molecular flexibility index (Phi) is 5.01. The fourth-order valence-corrected chi connectivity index (χ4v) is 3.28. The Hall–Kier alpha value is -3.29. The van der Waals surface area contributed by atoms with Crippen molar-refractivity contribution in [1.82, 2.24) is 25.1 Å². The Balaban J connectivity index is 1.44. The van der Waals surface area contributed by atoms with Crippen molar-refractivity contribution in [3.8, 4) is 5.88 Å². The van der Waals surface area contributed by atoms with E-state index in [0.29, 0.717) is 24.5 Å². The van der Waals surface area contributed by atoms with Crippen LogP contribution in [-0.2, 0) is 0 Å². The van der Waals surface area contributed by atoms with Crippen LogP contribution < -0.4 is 9.64 Å². The number of anilines is 1. The van der Waals surface area contributed by atoms with Gasteiger partial charge in [-0.2, -0.15) is 0 Å². The first kappa shape index (κ1) is 18.1. The van der Waals surface area contributed by atoms with Crippen LogP contribution in [0.2, 0.25) is 0 Å². The molecule has 1 aliphatic rings. The SMILES string of the molecule is CN(C)c1ccc(OC2CCCN(C(=O)c3ccc4nccnc4c3)C2)nn1. The van der Waals surface area contributed by atoms with E-state index in [1.807, 2.05) is 42.1 Å². The topological polar surface area (TPSA) is 84.3 Å². The van der Waals surface area contributed by atoms with Gasteiger partial charge in [0.2, 0.25) is 5.88 Å². The molecule has 0 N–H and O–H groups in total. The number of hydrogen-bond donors (Lipinski definition) is 0. The van der Waals surface area contributed by atoms with Gasteiger partial charge in [0.25, 0.3) is 5.91 Å². The second kappa shape index (κ2) is 7.75. The van der Waals surface area contributed by atoms with E-state index in [-0.39, 0.29) is 12.0 Å². The summed E-state index contributed by atoms with van der Waals surface area (Å²) in [4.78, 5) is 25.2. The number of aromatic nitrogens is 4. The average molecular weight is 378 g/mol. The molecule has 1 aliphatic heterocycles. The monoisotopic (exact) mass is 378 g/mol. The van der Waals surface area contributed by atoms with Crippen molar-refractivity contribution in [2.24, 2.45) is 0 Å². The van der Waals surface area contributed by atoms with E-state index in [2.05, 4.69) is 20.2 Å². The van der Waals surface area contributed by atoms with Gasteiger partial charge in [-0.1, -0.05) is 0 Å². The maximum atomic E-state index is 12.9.